The van der Waals surface area contributed by atoms with E-state index < -0.39 is 0 Å². The van der Waals surface area contributed by atoms with E-state index in [-0.39, 0.29) is 24.1 Å². The fourth-order valence-electron chi connectivity index (χ4n) is 1.89. The van der Waals surface area contributed by atoms with Crippen molar-refractivity contribution in [2.45, 2.75) is 13.0 Å². The fourth-order valence-corrected chi connectivity index (χ4v) is 1.89. The first kappa shape index (κ1) is 11.4. The Morgan fingerprint density at radius 2 is 1.84 bits per heavy atom. The summed E-state index contributed by atoms with van der Waals surface area (Å²) in [5.74, 6) is -0.0534. The van der Waals surface area contributed by atoms with E-state index in [1.165, 1.54) is 0 Å². The van der Waals surface area contributed by atoms with Crippen LogP contribution in [0.4, 0.5) is 11.6 Å². The van der Waals surface area contributed by atoms with Gasteiger partial charge >= 0.3 is 0 Å². The first-order chi connectivity index (χ1) is 9.22. The zero-order valence-electron chi connectivity index (χ0n) is 9.96. The van der Waals surface area contributed by atoms with E-state index in [9.17, 15) is 9.59 Å². The van der Waals surface area contributed by atoms with E-state index in [2.05, 4.69) is 20.9 Å². The standard InChI is InChI=1S/C12H11N5O2/c18-9-6-10(19)14-12-11(13-9)15-16-17(12)7-8-4-2-1-3-5-8/h1-5H,6-7H2,(H,13,18)(H,14,19). The molecule has 2 heterocycles. The van der Waals surface area contributed by atoms with Gasteiger partial charge in [0.2, 0.25) is 11.8 Å². The maximum absolute atomic E-state index is 11.5. The van der Waals surface area contributed by atoms with Gasteiger partial charge in [-0.3, -0.25) is 9.59 Å². The van der Waals surface area contributed by atoms with Crippen LogP contribution >= 0.6 is 0 Å². The Balaban J connectivity index is 1.92. The molecule has 0 fully saturated rings. The summed E-state index contributed by atoms with van der Waals surface area (Å²) in [5.41, 5.74) is 1.03. The van der Waals surface area contributed by atoms with Crippen LogP contribution in [-0.4, -0.2) is 26.8 Å². The number of rotatable bonds is 2. The number of carbonyl (C=O) groups excluding carboxylic acids is 2. The Morgan fingerprint density at radius 1 is 1.11 bits per heavy atom. The Kier molecular flexibility index (Phi) is 2.71. The van der Waals surface area contributed by atoms with Crippen molar-refractivity contribution < 1.29 is 9.59 Å². The first-order valence-electron chi connectivity index (χ1n) is 5.79. The van der Waals surface area contributed by atoms with Crippen LogP contribution in [0.25, 0.3) is 0 Å². The molecule has 2 amide bonds. The lowest BCUT2D eigenvalue weighted by Crippen LogP contribution is -2.18. The molecule has 1 aliphatic rings. The minimum Gasteiger partial charge on any atom is -0.307 e. The number of benzene rings is 1. The highest BCUT2D eigenvalue weighted by Gasteiger charge is 2.23. The second-order valence-electron chi connectivity index (χ2n) is 4.20. The molecule has 0 spiro atoms. The van der Waals surface area contributed by atoms with Crippen molar-refractivity contribution in [2.24, 2.45) is 0 Å². The van der Waals surface area contributed by atoms with Crippen LogP contribution in [-0.2, 0) is 16.1 Å². The van der Waals surface area contributed by atoms with Crippen LogP contribution < -0.4 is 10.6 Å². The molecule has 7 nitrogen and oxygen atoms in total. The number of aromatic nitrogens is 3. The van der Waals surface area contributed by atoms with Gasteiger partial charge in [-0.15, -0.1) is 5.10 Å². The molecule has 1 aromatic carbocycles. The average Bonchev–Trinajstić information content (AvgIpc) is 2.67. The third-order valence-electron chi connectivity index (χ3n) is 2.75. The Bertz CT molecular complexity index is 635. The lowest BCUT2D eigenvalue weighted by molar-refractivity contribution is -0.123. The van der Waals surface area contributed by atoms with Gasteiger partial charge in [-0.25, -0.2) is 4.68 Å². The molecule has 0 saturated heterocycles. The maximum Gasteiger partial charge on any atom is 0.235 e. The minimum atomic E-state index is -0.386. The Hall–Kier alpha value is -2.70. The zero-order valence-corrected chi connectivity index (χ0v) is 9.96. The largest absolute Gasteiger partial charge is 0.307 e. The van der Waals surface area contributed by atoms with E-state index in [0.717, 1.165) is 5.56 Å². The second-order valence-corrected chi connectivity index (χ2v) is 4.20. The first-order valence-corrected chi connectivity index (χ1v) is 5.79. The number of hydrogen-bond donors (Lipinski definition) is 2. The monoisotopic (exact) mass is 257 g/mol. The molecule has 0 atom stereocenters. The summed E-state index contributed by atoms with van der Waals surface area (Å²) < 4.78 is 1.55. The predicted octanol–water partition coefficient (Wildman–Crippen LogP) is 0.607. The van der Waals surface area contributed by atoms with Crippen molar-refractivity contribution in [1.82, 2.24) is 15.0 Å². The molecule has 1 aromatic heterocycles. The third-order valence-corrected chi connectivity index (χ3v) is 2.75. The molecule has 0 radical (unpaired) electrons. The van der Waals surface area contributed by atoms with Crippen LogP contribution in [0.5, 0.6) is 0 Å². The molecule has 3 rings (SSSR count). The van der Waals surface area contributed by atoms with Gasteiger partial charge in [-0.2, -0.15) is 0 Å². The number of hydrogen-bond acceptors (Lipinski definition) is 4. The van der Waals surface area contributed by atoms with Gasteiger partial charge in [0, 0.05) is 0 Å². The van der Waals surface area contributed by atoms with Crippen molar-refractivity contribution in [3.05, 3.63) is 35.9 Å². The average molecular weight is 257 g/mol. The van der Waals surface area contributed by atoms with Crippen LogP contribution in [0.2, 0.25) is 0 Å². The van der Waals surface area contributed by atoms with E-state index in [0.29, 0.717) is 12.4 Å². The fraction of sp³-hybridized carbons (Fsp3) is 0.167. The van der Waals surface area contributed by atoms with Crippen LogP contribution in [0.1, 0.15) is 12.0 Å². The van der Waals surface area contributed by atoms with Gasteiger partial charge < -0.3 is 10.6 Å². The van der Waals surface area contributed by atoms with Crippen molar-refractivity contribution >= 4 is 23.5 Å². The summed E-state index contributed by atoms with van der Waals surface area (Å²) in [7, 11) is 0. The molecule has 1 aliphatic heterocycles. The normalized spacial score (nSPS) is 14.3. The van der Waals surface area contributed by atoms with Gasteiger partial charge in [0.05, 0.1) is 6.54 Å². The molecular formula is C12H11N5O2. The number of carbonyl (C=O) groups is 2. The van der Waals surface area contributed by atoms with Crippen molar-refractivity contribution in [1.29, 1.82) is 0 Å². The number of anilines is 2. The summed E-state index contributed by atoms with van der Waals surface area (Å²) in [4.78, 5) is 22.9. The summed E-state index contributed by atoms with van der Waals surface area (Å²) in [6.45, 7) is 0.472. The number of nitrogens with one attached hydrogen (secondary N) is 2. The van der Waals surface area contributed by atoms with Gasteiger partial charge in [-0.1, -0.05) is 35.5 Å². The minimum absolute atomic E-state index is 0.207. The van der Waals surface area contributed by atoms with Crippen molar-refractivity contribution in [2.75, 3.05) is 10.6 Å². The van der Waals surface area contributed by atoms with Crippen LogP contribution in [0.3, 0.4) is 0 Å². The topological polar surface area (TPSA) is 88.9 Å². The van der Waals surface area contributed by atoms with Gasteiger partial charge in [0.15, 0.2) is 11.6 Å². The van der Waals surface area contributed by atoms with Crippen LogP contribution in [0, 0.1) is 0 Å². The van der Waals surface area contributed by atoms with E-state index >= 15 is 0 Å². The third kappa shape index (κ3) is 2.30. The smallest absolute Gasteiger partial charge is 0.235 e. The molecule has 0 saturated carbocycles. The highest BCUT2D eigenvalue weighted by atomic mass is 16.2. The van der Waals surface area contributed by atoms with E-state index in [1.54, 1.807) is 4.68 Å². The Labute approximate surface area is 108 Å². The lowest BCUT2D eigenvalue weighted by Gasteiger charge is -2.06. The van der Waals surface area contributed by atoms with Gasteiger partial charge in [-0.05, 0) is 5.56 Å². The second kappa shape index (κ2) is 4.52. The molecule has 7 heteroatoms. The number of nitrogens with zero attached hydrogens (tertiary/aromatic N) is 3. The van der Waals surface area contributed by atoms with Crippen molar-refractivity contribution in [3.63, 3.8) is 0 Å². The molecule has 2 N–H and O–H groups in total. The summed E-state index contributed by atoms with van der Waals surface area (Å²) in [6.07, 6.45) is -0.207. The molecule has 0 aliphatic carbocycles. The summed E-state index contributed by atoms with van der Waals surface area (Å²) in [5, 5.41) is 13.0. The quantitative estimate of drug-likeness (QED) is 0.771. The molecular weight excluding hydrogens is 246 g/mol. The predicted molar refractivity (Wildman–Crippen MR) is 67.4 cm³/mol. The van der Waals surface area contributed by atoms with Gasteiger partial charge in [0.25, 0.3) is 0 Å². The van der Waals surface area contributed by atoms with E-state index in [4.69, 9.17) is 0 Å². The summed E-state index contributed by atoms with van der Waals surface area (Å²) in [6, 6.07) is 9.67. The maximum atomic E-state index is 11.5. The highest BCUT2D eigenvalue weighted by molar-refractivity contribution is 6.12. The number of fused-ring (bicyclic) bond motifs is 1. The molecule has 0 unspecified atom stereocenters. The van der Waals surface area contributed by atoms with Crippen molar-refractivity contribution in [3.8, 4) is 0 Å². The highest BCUT2D eigenvalue weighted by Crippen LogP contribution is 2.22. The molecule has 0 bridgehead atoms. The van der Waals surface area contributed by atoms with Crippen LogP contribution in [0.15, 0.2) is 30.3 Å². The van der Waals surface area contributed by atoms with E-state index in [1.807, 2.05) is 30.3 Å². The number of amides is 2. The lowest BCUT2D eigenvalue weighted by atomic mass is 10.2. The molecule has 96 valence electrons. The SMILES string of the molecule is O=C1CC(=O)Nc2c(nnn2Cc2ccccc2)N1. The van der Waals surface area contributed by atoms with Gasteiger partial charge in [0.1, 0.15) is 6.42 Å². The summed E-state index contributed by atoms with van der Waals surface area (Å²) >= 11 is 0. The zero-order chi connectivity index (χ0) is 13.2. The Morgan fingerprint density at radius 3 is 2.63 bits per heavy atom. The molecule has 19 heavy (non-hydrogen) atoms. The molecule has 2 aromatic rings.